The summed E-state index contributed by atoms with van der Waals surface area (Å²) in [5.74, 6) is 1.22. The Bertz CT molecular complexity index is 479. The first-order valence-electron chi connectivity index (χ1n) is 4.91. The molecule has 0 aliphatic heterocycles. The highest BCUT2D eigenvalue weighted by atomic mass is 16.5. The number of rotatable bonds is 5. The standard InChI is InChI=1S/C9H11N5O3/c1-6-2-9(14-17-6)16-4-8(15)10-3-7-11-5-12-13-7/h2,5H,3-4H2,1H3,(H,10,15)(H,11,12,13). The molecule has 17 heavy (non-hydrogen) atoms. The molecule has 8 heteroatoms. The lowest BCUT2D eigenvalue weighted by Gasteiger charge is -2.02. The largest absolute Gasteiger partial charge is 0.465 e. The number of carbonyl (C=O) groups is 1. The highest BCUT2D eigenvalue weighted by Gasteiger charge is 2.06. The molecule has 0 radical (unpaired) electrons. The third-order valence-electron chi connectivity index (χ3n) is 1.88. The van der Waals surface area contributed by atoms with E-state index in [-0.39, 0.29) is 24.9 Å². The summed E-state index contributed by atoms with van der Waals surface area (Å²) in [6.07, 6.45) is 1.37. The zero-order valence-electron chi connectivity index (χ0n) is 9.14. The smallest absolute Gasteiger partial charge is 0.258 e. The molecule has 0 saturated heterocycles. The van der Waals surface area contributed by atoms with Crippen molar-refractivity contribution in [1.82, 2.24) is 25.7 Å². The number of nitrogens with one attached hydrogen (secondary N) is 2. The normalized spacial score (nSPS) is 10.2. The zero-order valence-corrected chi connectivity index (χ0v) is 9.14. The molecule has 1 amide bonds. The summed E-state index contributed by atoms with van der Waals surface area (Å²) in [5, 5.41) is 12.5. The maximum atomic E-state index is 11.4. The van der Waals surface area contributed by atoms with Gasteiger partial charge in [-0.15, -0.1) is 0 Å². The first kappa shape index (κ1) is 11.1. The number of ether oxygens (including phenoxy) is 1. The fraction of sp³-hybridized carbons (Fsp3) is 0.333. The highest BCUT2D eigenvalue weighted by molar-refractivity contribution is 5.77. The molecule has 2 N–H and O–H groups in total. The van der Waals surface area contributed by atoms with Crippen molar-refractivity contribution in [3.8, 4) is 5.88 Å². The Hall–Kier alpha value is -2.38. The summed E-state index contributed by atoms with van der Waals surface area (Å²) in [5.41, 5.74) is 0. The van der Waals surface area contributed by atoms with Crippen LogP contribution in [0.2, 0.25) is 0 Å². The summed E-state index contributed by atoms with van der Waals surface area (Å²) in [6.45, 7) is 1.89. The monoisotopic (exact) mass is 237 g/mol. The molecule has 0 saturated carbocycles. The average Bonchev–Trinajstić information content (AvgIpc) is 2.95. The predicted octanol–water partition coefficient (Wildman–Crippen LogP) is -0.204. The zero-order chi connectivity index (χ0) is 12.1. The lowest BCUT2D eigenvalue weighted by molar-refractivity contribution is -0.123. The number of amides is 1. The Morgan fingerprint density at radius 3 is 3.18 bits per heavy atom. The quantitative estimate of drug-likeness (QED) is 0.745. The summed E-state index contributed by atoms with van der Waals surface area (Å²) in [6, 6.07) is 1.60. The number of aromatic nitrogens is 4. The van der Waals surface area contributed by atoms with Gasteiger partial charge in [-0.2, -0.15) is 5.10 Å². The number of H-pyrrole nitrogens is 1. The minimum absolute atomic E-state index is 0.125. The van der Waals surface area contributed by atoms with Crippen LogP contribution in [0.5, 0.6) is 5.88 Å². The summed E-state index contributed by atoms with van der Waals surface area (Å²) < 4.78 is 9.88. The number of aryl methyl sites for hydroxylation is 1. The van der Waals surface area contributed by atoms with Crippen molar-refractivity contribution < 1.29 is 14.1 Å². The molecule has 0 aliphatic rings. The molecule has 0 atom stereocenters. The van der Waals surface area contributed by atoms with Gasteiger partial charge in [-0.05, 0) is 12.1 Å². The average molecular weight is 237 g/mol. The van der Waals surface area contributed by atoms with E-state index in [9.17, 15) is 4.79 Å². The third-order valence-corrected chi connectivity index (χ3v) is 1.88. The molecule has 2 aromatic rings. The molecule has 8 nitrogen and oxygen atoms in total. The lowest BCUT2D eigenvalue weighted by Crippen LogP contribution is -2.28. The minimum atomic E-state index is -0.276. The van der Waals surface area contributed by atoms with E-state index in [1.54, 1.807) is 13.0 Å². The van der Waals surface area contributed by atoms with Gasteiger partial charge in [0.1, 0.15) is 17.9 Å². The molecule has 90 valence electrons. The van der Waals surface area contributed by atoms with Crippen LogP contribution in [-0.2, 0) is 11.3 Å². The van der Waals surface area contributed by atoms with E-state index in [2.05, 4.69) is 25.7 Å². The van der Waals surface area contributed by atoms with Crippen molar-refractivity contribution in [2.24, 2.45) is 0 Å². The second-order valence-electron chi connectivity index (χ2n) is 3.27. The molecule has 0 fully saturated rings. The third kappa shape index (κ3) is 3.30. The second-order valence-corrected chi connectivity index (χ2v) is 3.27. The van der Waals surface area contributed by atoms with Gasteiger partial charge in [0.2, 0.25) is 0 Å². The SMILES string of the molecule is Cc1cc(OCC(=O)NCc2ncn[nH]2)no1. The fourth-order valence-corrected chi connectivity index (χ4v) is 1.10. The van der Waals surface area contributed by atoms with E-state index >= 15 is 0 Å². The van der Waals surface area contributed by atoms with Crippen molar-refractivity contribution in [3.63, 3.8) is 0 Å². The molecule has 0 aromatic carbocycles. The number of carbonyl (C=O) groups excluding carboxylic acids is 1. The van der Waals surface area contributed by atoms with E-state index in [0.29, 0.717) is 11.6 Å². The highest BCUT2D eigenvalue weighted by Crippen LogP contribution is 2.09. The molecular weight excluding hydrogens is 226 g/mol. The van der Waals surface area contributed by atoms with Crippen LogP contribution in [0.25, 0.3) is 0 Å². The maximum Gasteiger partial charge on any atom is 0.258 e. The number of hydrogen-bond donors (Lipinski definition) is 2. The Balaban J connectivity index is 1.71. The minimum Gasteiger partial charge on any atom is -0.465 e. The summed E-state index contributed by atoms with van der Waals surface area (Å²) in [4.78, 5) is 15.2. The topological polar surface area (TPSA) is 106 Å². The van der Waals surface area contributed by atoms with Crippen LogP contribution in [0.3, 0.4) is 0 Å². The van der Waals surface area contributed by atoms with Gasteiger partial charge in [0.05, 0.1) is 6.54 Å². The van der Waals surface area contributed by atoms with Gasteiger partial charge in [-0.25, -0.2) is 4.98 Å². The number of nitrogens with zero attached hydrogens (tertiary/aromatic N) is 3. The van der Waals surface area contributed by atoms with Crippen LogP contribution in [0.1, 0.15) is 11.6 Å². The first-order valence-corrected chi connectivity index (χ1v) is 4.91. The number of aromatic amines is 1. The predicted molar refractivity (Wildman–Crippen MR) is 55.0 cm³/mol. The van der Waals surface area contributed by atoms with Gasteiger partial charge in [0.15, 0.2) is 6.61 Å². The Labute approximate surface area is 96.4 Å². The van der Waals surface area contributed by atoms with Crippen molar-refractivity contribution in [1.29, 1.82) is 0 Å². The molecule has 0 spiro atoms. The van der Waals surface area contributed by atoms with Crippen molar-refractivity contribution in [3.05, 3.63) is 24.0 Å². The Kier molecular flexibility index (Phi) is 3.34. The van der Waals surface area contributed by atoms with E-state index in [0.717, 1.165) is 0 Å². The van der Waals surface area contributed by atoms with E-state index < -0.39 is 0 Å². The van der Waals surface area contributed by atoms with Gasteiger partial charge in [-0.3, -0.25) is 9.89 Å². The van der Waals surface area contributed by atoms with E-state index in [1.807, 2.05) is 0 Å². The van der Waals surface area contributed by atoms with Gasteiger partial charge < -0.3 is 14.6 Å². The molecule has 2 heterocycles. The summed E-state index contributed by atoms with van der Waals surface area (Å²) in [7, 11) is 0. The van der Waals surface area contributed by atoms with Crippen LogP contribution < -0.4 is 10.1 Å². The summed E-state index contributed by atoms with van der Waals surface area (Å²) >= 11 is 0. The van der Waals surface area contributed by atoms with Crippen LogP contribution in [-0.4, -0.2) is 32.9 Å². The molecule has 0 bridgehead atoms. The fourth-order valence-electron chi connectivity index (χ4n) is 1.10. The molecular formula is C9H11N5O3. The Morgan fingerprint density at radius 2 is 2.53 bits per heavy atom. The van der Waals surface area contributed by atoms with Crippen molar-refractivity contribution in [2.75, 3.05) is 6.61 Å². The first-order chi connectivity index (χ1) is 8.24. The van der Waals surface area contributed by atoms with Gasteiger partial charge in [-0.1, -0.05) is 0 Å². The van der Waals surface area contributed by atoms with Crippen molar-refractivity contribution >= 4 is 5.91 Å². The van der Waals surface area contributed by atoms with Gasteiger partial charge in [0, 0.05) is 6.07 Å². The lowest BCUT2D eigenvalue weighted by atomic mass is 10.5. The molecule has 2 aromatic heterocycles. The molecule has 2 rings (SSSR count). The van der Waals surface area contributed by atoms with Crippen LogP contribution >= 0.6 is 0 Å². The van der Waals surface area contributed by atoms with Crippen LogP contribution in [0, 0.1) is 6.92 Å². The molecule has 0 unspecified atom stereocenters. The maximum absolute atomic E-state index is 11.4. The van der Waals surface area contributed by atoms with E-state index in [1.165, 1.54) is 6.33 Å². The van der Waals surface area contributed by atoms with E-state index in [4.69, 9.17) is 9.26 Å². The van der Waals surface area contributed by atoms with Crippen LogP contribution in [0.4, 0.5) is 0 Å². The van der Waals surface area contributed by atoms with Gasteiger partial charge >= 0.3 is 0 Å². The number of hydrogen-bond acceptors (Lipinski definition) is 6. The van der Waals surface area contributed by atoms with Crippen LogP contribution in [0.15, 0.2) is 16.9 Å². The van der Waals surface area contributed by atoms with Crippen molar-refractivity contribution in [2.45, 2.75) is 13.5 Å². The second kappa shape index (κ2) is 5.10. The molecule has 0 aliphatic carbocycles. The van der Waals surface area contributed by atoms with Gasteiger partial charge in [0.25, 0.3) is 11.8 Å². The Morgan fingerprint density at radius 1 is 1.65 bits per heavy atom.